The summed E-state index contributed by atoms with van der Waals surface area (Å²) in [5.74, 6) is -0.746. The average Bonchev–Trinajstić information content (AvgIpc) is 3.20. The highest BCUT2D eigenvalue weighted by atomic mass is 19.1. The zero-order chi connectivity index (χ0) is 16.2. The SMILES string of the molecule is O=C(C=C(O)N1C=CNN1)c1ccoc1Cc1ccccc1F. The first-order chi connectivity index (χ1) is 11.1. The van der Waals surface area contributed by atoms with Gasteiger partial charge in [-0.3, -0.25) is 4.79 Å². The molecule has 1 aromatic carbocycles. The number of carbonyl (C=O) groups is 1. The van der Waals surface area contributed by atoms with Gasteiger partial charge in [0, 0.05) is 24.9 Å². The maximum absolute atomic E-state index is 13.7. The van der Waals surface area contributed by atoms with Gasteiger partial charge in [-0.2, -0.15) is 0 Å². The summed E-state index contributed by atoms with van der Waals surface area (Å²) in [6.07, 6.45) is 5.63. The molecule has 1 aliphatic rings. The van der Waals surface area contributed by atoms with Gasteiger partial charge in [-0.05, 0) is 17.7 Å². The predicted molar refractivity (Wildman–Crippen MR) is 80.2 cm³/mol. The van der Waals surface area contributed by atoms with Crippen LogP contribution in [0.2, 0.25) is 0 Å². The Labute approximate surface area is 131 Å². The number of hydrogen-bond donors (Lipinski definition) is 3. The lowest BCUT2D eigenvalue weighted by molar-refractivity contribution is 0.103. The highest BCUT2D eigenvalue weighted by Crippen LogP contribution is 2.19. The van der Waals surface area contributed by atoms with E-state index in [2.05, 4.69) is 11.0 Å². The van der Waals surface area contributed by atoms with Crippen molar-refractivity contribution < 1.29 is 18.7 Å². The Hall–Kier alpha value is -3.06. The second-order valence-electron chi connectivity index (χ2n) is 4.83. The molecule has 0 amide bonds. The molecule has 3 N–H and O–H groups in total. The number of benzene rings is 1. The van der Waals surface area contributed by atoms with E-state index >= 15 is 0 Å². The Morgan fingerprint density at radius 3 is 2.91 bits per heavy atom. The minimum Gasteiger partial charge on any atom is -0.493 e. The number of aliphatic hydroxyl groups is 1. The smallest absolute Gasteiger partial charge is 0.211 e. The molecule has 118 valence electrons. The number of furan rings is 1. The van der Waals surface area contributed by atoms with Gasteiger partial charge < -0.3 is 14.9 Å². The summed E-state index contributed by atoms with van der Waals surface area (Å²) >= 11 is 0. The van der Waals surface area contributed by atoms with Crippen molar-refractivity contribution in [3.63, 3.8) is 0 Å². The second kappa shape index (κ2) is 6.37. The van der Waals surface area contributed by atoms with Crippen molar-refractivity contribution in [2.45, 2.75) is 6.42 Å². The minimum absolute atomic E-state index is 0.152. The minimum atomic E-state index is -0.440. The van der Waals surface area contributed by atoms with E-state index in [0.29, 0.717) is 11.3 Å². The molecule has 2 heterocycles. The van der Waals surface area contributed by atoms with Crippen LogP contribution in [0.5, 0.6) is 0 Å². The first kappa shape index (κ1) is 14.9. The monoisotopic (exact) mass is 315 g/mol. The summed E-state index contributed by atoms with van der Waals surface area (Å²) < 4.78 is 19.0. The van der Waals surface area contributed by atoms with E-state index in [9.17, 15) is 14.3 Å². The molecule has 0 spiro atoms. The molecule has 3 rings (SSSR count). The van der Waals surface area contributed by atoms with Gasteiger partial charge in [-0.25, -0.2) is 9.40 Å². The Kier molecular flexibility index (Phi) is 4.11. The van der Waals surface area contributed by atoms with Crippen LogP contribution in [-0.2, 0) is 6.42 Å². The number of allylic oxidation sites excluding steroid dienone is 1. The summed E-state index contributed by atoms with van der Waals surface area (Å²) in [7, 11) is 0. The first-order valence-electron chi connectivity index (χ1n) is 6.87. The molecule has 0 unspecified atom stereocenters. The van der Waals surface area contributed by atoms with Crippen LogP contribution in [0.4, 0.5) is 4.39 Å². The van der Waals surface area contributed by atoms with Gasteiger partial charge in [0.1, 0.15) is 11.6 Å². The van der Waals surface area contributed by atoms with Crippen molar-refractivity contribution in [2.75, 3.05) is 0 Å². The van der Waals surface area contributed by atoms with Crippen LogP contribution in [0.25, 0.3) is 0 Å². The van der Waals surface area contributed by atoms with Crippen molar-refractivity contribution >= 4 is 5.78 Å². The van der Waals surface area contributed by atoms with Gasteiger partial charge in [0.15, 0.2) is 5.78 Å². The largest absolute Gasteiger partial charge is 0.493 e. The zero-order valence-corrected chi connectivity index (χ0v) is 12.0. The summed E-state index contributed by atoms with van der Waals surface area (Å²) in [6.45, 7) is 0. The van der Waals surface area contributed by atoms with E-state index in [0.717, 1.165) is 6.08 Å². The molecule has 1 aromatic heterocycles. The number of nitrogens with one attached hydrogen (secondary N) is 2. The molecular weight excluding hydrogens is 301 g/mol. The number of nitrogens with zero attached hydrogens (tertiary/aromatic N) is 1. The van der Waals surface area contributed by atoms with Gasteiger partial charge in [-0.15, -0.1) is 5.53 Å². The quantitative estimate of drug-likeness (QED) is 0.447. The molecule has 1 aliphatic heterocycles. The third-order valence-corrected chi connectivity index (χ3v) is 3.32. The Morgan fingerprint density at radius 2 is 2.17 bits per heavy atom. The van der Waals surface area contributed by atoms with Gasteiger partial charge in [-0.1, -0.05) is 18.2 Å². The number of rotatable bonds is 5. The van der Waals surface area contributed by atoms with E-state index in [1.807, 2.05) is 0 Å². The fourth-order valence-corrected chi connectivity index (χ4v) is 2.17. The number of ketones is 1. The molecule has 7 heteroatoms. The van der Waals surface area contributed by atoms with Gasteiger partial charge in [0.2, 0.25) is 5.88 Å². The lowest BCUT2D eigenvalue weighted by atomic mass is 10.0. The molecule has 0 bridgehead atoms. The van der Waals surface area contributed by atoms with Gasteiger partial charge in [0.05, 0.1) is 11.8 Å². The van der Waals surface area contributed by atoms with Crippen molar-refractivity contribution in [3.05, 3.63) is 83.7 Å². The van der Waals surface area contributed by atoms with Crippen LogP contribution < -0.4 is 11.0 Å². The van der Waals surface area contributed by atoms with Crippen LogP contribution in [-0.4, -0.2) is 15.9 Å². The number of hydrogen-bond acceptors (Lipinski definition) is 6. The maximum atomic E-state index is 13.7. The lowest BCUT2D eigenvalue weighted by Gasteiger charge is -2.13. The zero-order valence-electron chi connectivity index (χ0n) is 12.0. The van der Waals surface area contributed by atoms with Crippen LogP contribution in [0.3, 0.4) is 0 Å². The number of carbonyl (C=O) groups excluding carboxylic acids is 1. The second-order valence-corrected chi connectivity index (χ2v) is 4.83. The van der Waals surface area contributed by atoms with E-state index in [-0.39, 0.29) is 23.7 Å². The fraction of sp³-hybridized carbons (Fsp3) is 0.0625. The number of halogens is 1. The normalized spacial score (nSPS) is 14.1. The van der Waals surface area contributed by atoms with Gasteiger partial charge in [0.25, 0.3) is 0 Å². The lowest BCUT2D eigenvalue weighted by Crippen LogP contribution is -2.35. The van der Waals surface area contributed by atoms with E-state index < -0.39 is 5.78 Å². The fourth-order valence-electron chi connectivity index (χ4n) is 2.17. The van der Waals surface area contributed by atoms with E-state index in [4.69, 9.17) is 4.42 Å². The highest BCUT2D eigenvalue weighted by Gasteiger charge is 2.17. The molecule has 0 atom stereocenters. The van der Waals surface area contributed by atoms with Crippen molar-refractivity contribution in [3.8, 4) is 0 Å². The van der Waals surface area contributed by atoms with Crippen molar-refractivity contribution in [1.29, 1.82) is 0 Å². The Morgan fingerprint density at radius 1 is 1.35 bits per heavy atom. The molecule has 0 saturated carbocycles. The summed E-state index contributed by atoms with van der Waals surface area (Å²) in [5, 5.41) is 11.1. The summed E-state index contributed by atoms with van der Waals surface area (Å²) in [5.41, 5.74) is 5.93. The van der Waals surface area contributed by atoms with Crippen molar-refractivity contribution in [1.82, 2.24) is 16.0 Å². The number of hydrazine groups is 2. The van der Waals surface area contributed by atoms with Crippen LogP contribution in [0.1, 0.15) is 21.7 Å². The molecule has 2 aromatic rings. The van der Waals surface area contributed by atoms with Crippen LogP contribution in [0.15, 0.2) is 65.4 Å². The molecule has 23 heavy (non-hydrogen) atoms. The molecular formula is C16H14FN3O3. The third kappa shape index (κ3) is 3.24. The molecule has 0 radical (unpaired) electrons. The number of aliphatic hydroxyl groups excluding tert-OH is 1. The first-order valence-corrected chi connectivity index (χ1v) is 6.87. The Balaban J connectivity index is 1.80. The Bertz CT molecular complexity index is 782. The van der Waals surface area contributed by atoms with Crippen LogP contribution in [0, 0.1) is 5.82 Å². The molecule has 0 fully saturated rings. The maximum Gasteiger partial charge on any atom is 0.211 e. The molecule has 0 saturated heterocycles. The molecule has 0 aliphatic carbocycles. The average molecular weight is 315 g/mol. The summed E-state index contributed by atoms with van der Waals surface area (Å²) in [6, 6.07) is 7.78. The standard InChI is InChI=1S/C16H14FN3O3/c17-13-4-2-1-3-11(13)9-15-12(5-8-23-15)14(21)10-16(22)20-7-6-18-19-20/h1-8,10,18-19,22H,9H2. The summed E-state index contributed by atoms with van der Waals surface area (Å²) in [4.78, 5) is 12.3. The molecule has 6 nitrogen and oxygen atoms in total. The van der Waals surface area contributed by atoms with Crippen LogP contribution >= 0.6 is 0 Å². The van der Waals surface area contributed by atoms with Gasteiger partial charge >= 0.3 is 0 Å². The predicted octanol–water partition coefficient (Wildman–Crippen LogP) is 2.39. The highest BCUT2D eigenvalue weighted by molar-refractivity contribution is 6.05. The van der Waals surface area contributed by atoms with Crippen molar-refractivity contribution in [2.24, 2.45) is 0 Å². The van der Waals surface area contributed by atoms with E-state index in [1.54, 1.807) is 24.4 Å². The third-order valence-electron chi connectivity index (χ3n) is 3.32. The van der Waals surface area contributed by atoms with E-state index in [1.165, 1.54) is 29.6 Å². The topological polar surface area (TPSA) is 77.7 Å².